The molecule has 4 heterocycles. The highest BCUT2D eigenvalue weighted by atomic mass is 16.5. The number of hydrogen-bond acceptors (Lipinski definition) is 7. The van der Waals surface area contributed by atoms with Crippen LogP contribution in [0.15, 0.2) is 54.7 Å². The number of rotatable bonds is 8. The third-order valence-electron chi connectivity index (χ3n) is 8.29. The van der Waals surface area contributed by atoms with Gasteiger partial charge in [0.15, 0.2) is 0 Å². The Labute approximate surface area is 233 Å². The zero-order chi connectivity index (χ0) is 27.6. The van der Waals surface area contributed by atoms with Gasteiger partial charge < -0.3 is 30.1 Å². The van der Waals surface area contributed by atoms with Gasteiger partial charge in [0.05, 0.1) is 37.1 Å². The lowest BCUT2D eigenvalue weighted by Gasteiger charge is -2.34. The number of morpholine rings is 1. The molecule has 6 rings (SSSR count). The number of aryl methyl sites for hydroxylation is 1. The molecule has 0 aliphatic carbocycles. The van der Waals surface area contributed by atoms with Crippen LogP contribution in [0, 0.1) is 0 Å². The van der Waals surface area contributed by atoms with Crippen molar-refractivity contribution < 1.29 is 24.2 Å². The molecule has 2 bridgehead atoms. The second kappa shape index (κ2) is 11.4. The molecule has 0 saturated carbocycles. The smallest absolute Gasteiger partial charge is 0.254 e. The van der Waals surface area contributed by atoms with E-state index in [1.165, 1.54) is 0 Å². The van der Waals surface area contributed by atoms with Crippen LogP contribution in [0.2, 0.25) is 0 Å². The summed E-state index contributed by atoms with van der Waals surface area (Å²) in [5.74, 6) is 0.503. The SMILES string of the molecule is Cn1nccc1COc1ccc2c(c1)CN[C@H]([C@H](O)CNC(=O)c1ccc(C(=O)N3C4CCC3COC4)cc1)C2. The summed E-state index contributed by atoms with van der Waals surface area (Å²) in [6, 6.07) is 14.8. The Balaban J connectivity index is 0.991. The van der Waals surface area contributed by atoms with Crippen LogP contribution >= 0.6 is 0 Å². The lowest BCUT2D eigenvalue weighted by atomic mass is 9.92. The minimum absolute atomic E-state index is 0.00562. The van der Waals surface area contributed by atoms with Crippen molar-refractivity contribution in [3.63, 3.8) is 0 Å². The normalized spacial score (nSPS) is 22.4. The maximum atomic E-state index is 13.1. The van der Waals surface area contributed by atoms with Gasteiger partial charge in [0.2, 0.25) is 0 Å². The molecule has 3 aromatic rings. The van der Waals surface area contributed by atoms with E-state index in [1.807, 2.05) is 36.2 Å². The summed E-state index contributed by atoms with van der Waals surface area (Å²) in [5, 5.41) is 21.2. The Morgan fingerprint density at radius 1 is 1.10 bits per heavy atom. The molecule has 2 unspecified atom stereocenters. The molecular formula is C30H35N5O5. The highest BCUT2D eigenvalue weighted by Gasteiger charge is 2.40. The van der Waals surface area contributed by atoms with Crippen LogP contribution in [0.1, 0.15) is 50.4 Å². The number of benzene rings is 2. The summed E-state index contributed by atoms with van der Waals surface area (Å²) < 4.78 is 13.3. The summed E-state index contributed by atoms with van der Waals surface area (Å²) in [5.41, 5.74) is 4.30. The van der Waals surface area contributed by atoms with Gasteiger partial charge in [-0.2, -0.15) is 5.10 Å². The van der Waals surface area contributed by atoms with Crippen LogP contribution in [-0.2, 0) is 31.4 Å². The minimum Gasteiger partial charge on any atom is -0.487 e. The van der Waals surface area contributed by atoms with Gasteiger partial charge in [-0.1, -0.05) is 6.07 Å². The number of nitrogens with one attached hydrogen (secondary N) is 2. The van der Waals surface area contributed by atoms with E-state index in [4.69, 9.17) is 9.47 Å². The van der Waals surface area contributed by atoms with Crippen molar-refractivity contribution in [2.45, 2.75) is 56.6 Å². The van der Waals surface area contributed by atoms with Gasteiger partial charge in [0.25, 0.3) is 11.8 Å². The largest absolute Gasteiger partial charge is 0.487 e. The zero-order valence-electron chi connectivity index (χ0n) is 22.6. The highest BCUT2D eigenvalue weighted by Crippen LogP contribution is 2.30. The van der Waals surface area contributed by atoms with Crippen molar-refractivity contribution in [3.8, 4) is 5.75 Å². The molecular weight excluding hydrogens is 510 g/mol. The summed E-state index contributed by atoms with van der Waals surface area (Å²) in [6.07, 6.45) is 3.59. The Morgan fingerprint density at radius 2 is 1.85 bits per heavy atom. The predicted octanol–water partition coefficient (Wildman–Crippen LogP) is 1.81. The molecule has 210 valence electrons. The summed E-state index contributed by atoms with van der Waals surface area (Å²) in [6.45, 7) is 2.35. The number of aliphatic hydroxyl groups is 1. The first-order valence-corrected chi connectivity index (χ1v) is 13.9. The molecule has 2 saturated heterocycles. The van der Waals surface area contributed by atoms with Crippen molar-refractivity contribution in [1.82, 2.24) is 25.3 Å². The van der Waals surface area contributed by atoms with Crippen molar-refractivity contribution in [3.05, 3.63) is 82.7 Å². The van der Waals surface area contributed by atoms with E-state index >= 15 is 0 Å². The standard InChI is InChI=1S/C30H35N5O5/c1-34-23(10-11-33-34)18-40-26-9-6-21-13-27(31-14-22(21)12-26)28(36)15-32-29(37)19-2-4-20(5-3-19)30(38)35-24-7-8-25(35)17-39-16-24/h2-6,9-12,24-25,27-28,31,36H,7-8,13-18H2,1H3,(H,32,37)/t24?,25?,27-,28+/m0/s1. The molecule has 1 aromatic heterocycles. The van der Waals surface area contributed by atoms with Crippen molar-refractivity contribution in [1.29, 1.82) is 0 Å². The molecule has 0 radical (unpaired) electrons. The predicted molar refractivity (Wildman–Crippen MR) is 147 cm³/mol. The van der Waals surface area contributed by atoms with Gasteiger partial charge in [-0.3, -0.25) is 14.3 Å². The summed E-state index contributed by atoms with van der Waals surface area (Å²) in [7, 11) is 1.89. The molecule has 2 aromatic carbocycles. The third-order valence-corrected chi connectivity index (χ3v) is 8.29. The Hall–Kier alpha value is -3.73. The number of nitrogens with zero attached hydrogens (tertiary/aromatic N) is 3. The van der Waals surface area contributed by atoms with Gasteiger partial charge in [0, 0.05) is 43.5 Å². The number of carbonyl (C=O) groups is 2. The molecule has 10 nitrogen and oxygen atoms in total. The Kier molecular flexibility index (Phi) is 7.55. The van der Waals surface area contributed by atoms with E-state index in [2.05, 4.69) is 15.7 Å². The minimum atomic E-state index is -0.754. The van der Waals surface area contributed by atoms with E-state index in [-0.39, 0.29) is 36.5 Å². The first-order chi connectivity index (χ1) is 19.5. The lowest BCUT2D eigenvalue weighted by Crippen LogP contribution is -2.49. The molecule has 2 fully saturated rings. The quantitative estimate of drug-likeness (QED) is 0.395. The number of carbonyl (C=O) groups excluding carboxylic acids is 2. The first kappa shape index (κ1) is 26.5. The molecule has 2 amide bonds. The number of hydrogen-bond donors (Lipinski definition) is 3. The number of aliphatic hydroxyl groups excluding tert-OH is 1. The maximum Gasteiger partial charge on any atom is 0.254 e. The topological polar surface area (TPSA) is 118 Å². The fraction of sp³-hybridized carbons (Fsp3) is 0.433. The molecule has 3 aliphatic heterocycles. The average Bonchev–Trinajstić information content (AvgIpc) is 3.51. The van der Waals surface area contributed by atoms with Crippen LogP contribution in [0.5, 0.6) is 5.75 Å². The van der Waals surface area contributed by atoms with E-state index < -0.39 is 6.10 Å². The van der Waals surface area contributed by atoms with Gasteiger partial charge in [-0.15, -0.1) is 0 Å². The molecule has 3 aliphatic rings. The third kappa shape index (κ3) is 5.47. The van der Waals surface area contributed by atoms with Crippen LogP contribution in [0.4, 0.5) is 0 Å². The zero-order valence-corrected chi connectivity index (χ0v) is 22.6. The van der Waals surface area contributed by atoms with Crippen LogP contribution in [-0.4, -0.2) is 75.6 Å². The highest BCUT2D eigenvalue weighted by molar-refractivity contribution is 5.98. The molecule has 3 N–H and O–H groups in total. The van der Waals surface area contributed by atoms with Gasteiger partial charge in [0.1, 0.15) is 12.4 Å². The molecule has 0 spiro atoms. The number of amides is 2. The van der Waals surface area contributed by atoms with E-state index in [9.17, 15) is 14.7 Å². The van der Waals surface area contributed by atoms with Gasteiger partial charge in [-0.25, -0.2) is 0 Å². The van der Waals surface area contributed by atoms with Crippen molar-refractivity contribution in [2.75, 3.05) is 19.8 Å². The first-order valence-electron chi connectivity index (χ1n) is 13.9. The molecule has 10 heteroatoms. The Morgan fingerprint density at radius 3 is 2.58 bits per heavy atom. The second-order valence-electron chi connectivity index (χ2n) is 10.8. The monoisotopic (exact) mass is 545 g/mol. The number of fused-ring (bicyclic) bond motifs is 3. The van der Waals surface area contributed by atoms with Crippen molar-refractivity contribution >= 4 is 11.8 Å². The summed E-state index contributed by atoms with van der Waals surface area (Å²) >= 11 is 0. The molecule has 4 atom stereocenters. The van der Waals surface area contributed by atoms with E-state index in [0.717, 1.165) is 35.4 Å². The number of ether oxygens (including phenoxy) is 2. The fourth-order valence-corrected chi connectivity index (χ4v) is 5.89. The lowest BCUT2D eigenvalue weighted by molar-refractivity contribution is -0.00716. The van der Waals surface area contributed by atoms with E-state index in [0.29, 0.717) is 43.9 Å². The van der Waals surface area contributed by atoms with Crippen LogP contribution < -0.4 is 15.4 Å². The van der Waals surface area contributed by atoms with Crippen LogP contribution in [0.25, 0.3) is 0 Å². The Bertz CT molecular complexity index is 1360. The average molecular weight is 546 g/mol. The fourth-order valence-electron chi connectivity index (χ4n) is 5.89. The number of aromatic nitrogens is 2. The summed E-state index contributed by atoms with van der Waals surface area (Å²) in [4.78, 5) is 27.8. The van der Waals surface area contributed by atoms with Gasteiger partial charge in [-0.05, 0) is 72.9 Å². The van der Waals surface area contributed by atoms with E-state index in [1.54, 1.807) is 35.1 Å². The maximum absolute atomic E-state index is 13.1. The van der Waals surface area contributed by atoms with Gasteiger partial charge >= 0.3 is 0 Å². The molecule has 40 heavy (non-hydrogen) atoms. The van der Waals surface area contributed by atoms with Crippen molar-refractivity contribution in [2.24, 2.45) is 7.05 Å². The van der Waals surface area contributed by atoms with Crippen LogP contribution in [0.3, 0.4) is 0 Å². The second-order valence-corrected chi connectivity index (χ2v) is 10.8.